The third kappa shape index (κ3) is 3.45. The van der Waals surface area contributed by atoms with Gasteiger partial charge in [0.25, 0.3) is 0 Å². The van der Waals surface area contributed by atoms with Crippen LogP contribution >= 0.6 is 39.9 Å². The van der Waals surface area contributed by atoms with Gasteiger partial charge < -0.3 is 4.90 Å². The van der Waals surface area contributed by atoms with E-state index in [-0.39, 0.29) is 11.0 Å². The normalized spacial score (nSPS) is 22.9. The summed E-state index contributed by atoms with van der Waals surface area (Å²) in [6, 6.07) is 0. The zero-order valence-electron chi connectivity index (χ0n) is 10.1. The maximum atomic E-state index is 11.7. The molecule has 0 aliphatic carbocycles. The third-order valence-electron chi connectivity index (χ3n) is 2.70. The highest BCUT2D eigenvalue weighted by atomic mass is 79.9. The highest BCUT2D eigenvalue weighted by molar-refractivity contribution is 9.13. The molecule has 0 saturated heterocycles. The van der Waals surface area contributed by atoms with Crippen molar-refractivity contribution in [1.29, 1.82) is 0 Å². The summed E-state index contributed by atoms with van der Waals surface area (Å²) in [7, 11) is -3.11. The second-order valence-corrected chi connectivity index (χ2v) is 8.91. The SMILES string of the molecule is CCN(CC)C(=S)SC1CS(=O)(=O)C(Br)=C1C. The molecule has 3 nitrogen and oxygen atoms in total. The van der Waals surface area contributed by atoms with Gasteiger partial charge in [0.2, 0.25) is 0 Å². The molecule has 1 unspecified atom stereocenters. The van der Waals surface area contributed by atoms with Crippen molar-refractivity contribution in [1.82, 2.24) is 4.90 Å². The van der Waals surface area contributed by atoms with Crippen molar-refractivity contribution in [3.05, 3.63) is 9.39 Å². The summed E-state index contributed by atoms with van der Waals surface area (Å²) in [5.41, 5.74) is 0.865. The van der Waals surface area contributed by atoms with Crippen LogP contribution in [0.25, 0.3) is 0 Å². The van der Waals surface area contributed by atoms with Crippen molar-refractivity contribution in [2.75, 3.05) is 18.8 Å². The molecule has 0 amide bonds. The van der Waals surface area contributed by atoms with Gasteiger partial charge in [-0.05, 0) is 42.3 Å². The van der Waals surface area contributed by atoms with Gasteiger partial charge in [0.05, 0.1) is 5.75 Å². The van der Waals surface area contributed by atoms with Gasteiger partial charge in [-0.25, -0.2) is 8.42 Å². The van der Waals surface area contributed by atoms with Crippen LogP contribution in [-0.2, 0) is 9.84 Å². The van der Waals surface area contributed by atoms with Crippen LogP contribution in [0, 0.1) is 0 Å². The quantitative estimate of drug-likeness (QED) is 0.726. The van der Waals surface area contributed by atoms with E-state index in [9.17, 15) is 8.42 Å². The van der Waals surface area contributed by atoms with E-state index in [1.807, 2.05) is 20.8 Å². The van der Waals surface area contributed by atoms with Gasteiger partial charge >= 0.3 is 0 Å². The van der Waals surface area contributed by atoms with Gasteiger partial charge in [-0.3, -0.25) is 0 Å². The molecule has 0 bridgehead atoms. The van der Waals surface area contributed by atoms with Crippen molar-refractivity contribution in [2.45, 2.75) is 26.0 Å². The van der Waals surface area contributed by atoms with Crippen LogP contribution < -0.4 is 0 Å². The number of hydrogen-bond acceptors (Lipinski definition) is 4. The standard InChI is InChI=1S/C10H16BrNO2S3/c1-4-12(5-2)10(15)16-8-6-17(13,14)9(11)7(8)3/h8H,4-6H2,1-3H3. The van der Waals surface area contributed by atoms with E-state index in [0.717, 1.165) is 23.0 Å². The van der Waals surface area contributed by atoms with Gasteiger partial charge in [0.15, 0.2) is 9.84 Å². The van der Waals surface area contributed by atoms with E-state index >= 15 is 0 Å². The lowest BCUT2D eigenvalue weighted by molar-refractivity contribution is 0.482. The molecule has 1 aliphatic rings. The van der Waals surface area contributed by atoms with E-state index in [0.29, 0.717) is 3.81 Å². The molecule has 0 fully saturated rings. The second kappa shape index (κ2) is 6.04. The average Bonchev–Trinajstić information content (AvgIpc) is 2.44. The maximum absolute atomic E-state index is 11.7. The van der Waals surface area contributed by atoms with Gasteiger partial charge in [0, 0.05) is 18.3 Å². The molecule has 7 heteroatoms. The van der Waals surface area contributed by atoms with Crippen LogP contribution in [0.2, 0.25) is 0 Å². The van der Waals surface area contributed by atoms with Crippen LogP contribution in [0.1, 0.15) is 20.8 Å². The van der Waals surface area contributed by atoms with E-state index in [1.165, 1.54) is 11.8 Å². The van der Waals surface area contributed by atoms with Crippen molar-refractivity contribution >= 4 is 54.1 Å². The smallest absolute Gasteiger partial charge is 0.186 e. The molecule has 17 heavy (non-hydrogen) atoms. The van der Waals surface area contributed by atoms with Gasteiger partial charge in [-0.2, -0.15) is 0 Å². The Morgan fingerprint density at radius 2 is 2.06 bits per heavy atom. The lowest BCUT2D eigenvalue weighted by Gasteiger charge is -2.23. The van der Waals surface area contributed by atoms with Crippen molar-refractivity contribution in [3.63, 3.8) is 0 Å². The fraction of sp³-hybridized carbons (Fsp3) is 0.700. The van der Waals surface area contributed by atoms with Gasteiger partial charge in [-0.15, -0.1) is 0 Å². The van der Waals surface area contributed by atoms with Gasteiger partial charge in [0.1, 0.15) is 8.13 Å². The van der Waals surface area contributed by atoms with Crippen molar-refractivity contribution in [2.24, 2.45) is 0 Å². The predicted molar refractivity (Wildman–Crippen MR) is 82.3 cm³/mol. The molecule has 1 heterocycles. The minimum atomic E-state index is -3.11. The molecule has 0 aromatic heterocycles. The maximum Gasteiger partial charge on any atom is 0.186 e. The Morgan fingerprint density at radius 1 is 1.53 bits per heavy atom. The van der Waals surface area contributed by atoms with Crippen molar-refractivity contribution < 1.29 is 8.42 Å². The molecule has 0 aromatic carbocycles. The Morgan fingerprint density at radius 3 is 2.41 bits per heavy atom. The minimum Gasteiger partial charge on any atom is -0.358 e. The van der Waals surface area contributed by atoms with E-state index < -0.39 is 9.84 Å². The fourth-order valence-electron chi connectivity index (χ4n) is 1.57. The van der Waals surface area contributed by atoms with E-state index in [4.69, 9.17) is 12.2 Å². The molecule has 0 radical (unpaired) electrons. The first-order chi connectivity index (χ1) is 7.83. The fourth-order valence-corrected chi connectivity index (χ4v) is 6.26. The second-order valence-electron chi connectivity index (χ2n) is 3.78. The first-order valence-electron chi connectivity index (χ1n) is 5.38. The van der Waals surface area contributed by atoms with Crippen LogP contribution in [0.3, 0.4) is 0 Å². The Bertz CT molecular complexity index is 440. The molecule has 0 N–H and O–H groups in total. The average molecular weight is 358 g/mol. The lowest BCUT2D eigenvalue weighted by Crippen LogP contribution is -2.28. The molecular formula is C10H16BrNO2S3. The Balaban J connectivity index is 2.77. The molecule has 0 spiro atoms. The number of thioether (sulfide) groups is 1. The molecule has 1 aliphatic heterocycles. The zero-order valence-corrected chi connectivity index (χ0v) is 14.1. The molecular weight excluding hydrogens is 342 g/mol. The van der Waals surface area contributed by atoms with Crippen LogP contribution in [0.5, 0.6) is 0 Å². The largest absolute Gasteiger partial charge is 0.358 e. The topological polar surface area (TPSA) is 37.4 Å². The van der Waals surface area contributed by atoms with E-state index in [1.54, 1.807) is 0 Å². The molecule has 98 valence electrons. The third-order valence-corrected chi connectivity index (χ3v) is 8.47. The van der Waals surface area contributed by atoms with Crippen molar-refractivity contribution in [3.8, 4) is 0 Å². The van der Waals surface area contributed by atoms with Crippen LogP contribution in [0.4, 0.5) is 0 Å². The summed E-state index contributed by atoms with van der Waals surface area (Å²) in [6.07, 6.45) is 0. The molecule has 1 rings (SSSR count). The highest BCUT2D eigenvalue weighted by Gasteiger charge is 2.35. The Hall–Kier alpha value is 0.410. The number of hydrogen-bond donors (Lipinski definition) is 0. The minimum absolute atomic E-state index is 0.0533. The summed E-state index contributed by atoms with van der Waals surface area (Å²) in [5.74, 6) is 0.144. The number of sulfone groups is 1. The number of halogens is 1. The number of nitrogens with zero attached hydrogens (tertiary/aromatic N) is 1. The first-order valence-corrected chi connectivity index (χ1v) is 9.11. The first kappa shape index (κ1) is 15.5. The summed E-state index contributed by atoms with van der Waals surface area (Å²) in [6.45, 7) is 7.63. The predicted octanol–water partition coefficient (Wildman–Crippen LogP) is 2.77. The Labute approximate surface area is 121 Å². The van der Waals surface area contributed by atoms with Crippen LogP contribution in [0.15, 0.2) is 9.39 Å². The lowest BCUT2D eigenvalue weighted by atomic mass is 10.3. The number of rotatable bonds is 3. The summed E-state index contributed by atoms with van der Waals surface area (Å²) >= 11 is 9.95. The number of thiocarbonyl (C=S) groups is 1. The highest BCUT2D eigenvalue weighted by Crippen LogP contribution is 2.37. The van der Waals surface area contributed by atoms with Crippen LogP contribution in [-0.4, -0.2) is 41.7 Å². The zero-order chi connectivity index (χ0) is 13.2. The summed E-state index contributed by atoms with van der Waals surface area (Å²) in [5, 5.41) is -0.0533. The molecule has 0 saturated carbocycles. The Kier molecular flexibility index (Phi) is 5.49. The summed E-state index contributed by atoms with van der Waals surface area (Å²) < 4.78 is 24.5. The summed E-state index contributed by atoms with van der Waals surface area (Å²) in [4.78, 5) is 2.06. The monoisotopic (exact) mass is 357 g/mol. The van der Waals surface area contributed by atoms with Gasteiger partial charge in [-0.1, -0.05) is 24.0 Å². The molecule has 0 aromatic rings. The van der Waals surface area contributed by atoms with E-state index in [2.05, 4.69) is 20.8 Å². The molecule has 1 atom stereocenters.